The van der Waals surface area contributed by atoms with Gasteiger partial charge in [-0.3, -0.25) is 10.0 Å². The molecular weight excluding hydrogens is 398 g/mol. The number of carbonyl (C=O) groups excluding carboxylic acids is 1. The maximum atomic E-state index is 11.4. The van der Waals surface area contributed by atoms with Crippen LogP contribution in [0, 0.1) is 6.92 Å². The SMILES string of the molecule is Cc1nc(-c2cccc(C=CC(=O)NO)c2)n([C@H](C)c2ccccc2)c1-c1ccccc1. The number of hydroxylamine groups is 1. The predicted molar refractivity (Wildman–Crippen MR) is 127 cm³/mol. The second kappa shape index (κ2) is 9.45. The van der Waals surface area contributed by atoms with E-state index in [4.69, 9.17) is 10.2 Å². The third-order valence-corrected chi connectivity index (χ3v) is 5.48. The van der Waals surface area contributed by atoms with Gasteiger partial charge < -0.3 is 4.57 Å². The van der Waals surface area contributed by atoms with E-state index in [-0.39, 0.29) is 6.04 Å². The first-order chi connectivity index (χ1) is 15.6. The molecule has 32 heavy (non-hydrogen) atoms. The van der Waals surface area contributed by atoms with Crippen LogP contribution < -0.4 is 5.48 Å². The molecule has 1 aromatic heterocycles. The van der Waals surface area contributed by atoms with Crippen molar-refractivity contribution >= 4 is 12.0 Å². The molecule has 3 aromatic carbocycles. The van der Waals surface area contributed by atoms with Gasteiger partial charge in [0.1, 0.15) is 5.82 Å². The Balaban J connectivity index is 1.88. The average molecular weight is 424 g/mol. The van der Waals surface area contributed by atoms with E-state index in [0.29, 0.717) is 0 Å². The Kier molecular flexibility index (Phi) is 6.29. The molecule has 0 aliphatic heterocycles. The number of aromatic nitrogens is 2. The number of nitrogens with one attached hydrogen (secondary N) is 1. The lowest BCUT2D eigenvalue weighted by Crippen LogP contribution is -2.14. The zero-order valence-corrected chi connectivity index (χ0v) is 18.1. The molecule has 0 fully saturated rings. The van der Waals surface area contributed by atoms with Crippen molar-refractivity contribution in [2.24, 2.45) is 0 Å². The summed E-state index contributed by atoms with van der Waals surface area (Å²) < 4.78 is 2.28. The van der Waals surface area contributed by atoms with E-state index >= 15 is 0 Å². The van der Waals surface area contributed by atoms with Crippen LogP contribution >= 0.6 is 0 Å². The maximum absolute atomic E-state index is 11.4. The van der Waals surface area contributed by atoms with Crippen molar-refractivity contribution in [3.8, 4) is 22.6 Å². The molecule has 1 amide bonds. The first-order valence-electron chi connectivity index (χ1n) is 10.5. The summed E-state index contributed by atoms with van der Waals surface area (Å²) in [6, 6.07) is 28.6. The lowest BCUT2D eigenvalue weighted by molar-refractivity contribution is -0.124. The van der Waals surface area contributed by atoms with E-state index in [1.54, 1.807) is 11.6 Å². The van der Waals surface area contributed by atoms with Crippen LogP contribution in [0.5, 0.6) is 0 Å². The maximum Gasteiger partial charge on any atom is 0.267 e. The first-order valence-corrected chi connectivity index (χ1v) is 10.5. The highest BCUT2D eigenvalue weighted by molar-refractivity contribution is 5.91. The van der Waals surface area contributed by atoms with Crippen LogP contribution in [0.3, 0.4) is 0 Å². The Morgan fingerprint density at radius 2 is 1.62 bits per heavy atom. The van der Waals surface area contributed by atoms with Crippen LogP contribution in [0.15, 0.2) is 91.0 Å². The van der Waals surface area contributed by atoms with Crippen LogP contribution in [-0.2, 0) is 4.79 Å². The lowest BCUT2D eigenvalue weighted by atomic mass is 10.0. The lowest BCUT2D eigenvalue weighted by Gasteiger charge is -2.21. The molecule has 2 N–H and O–H groups in total. The Hall–Kier alpha value is -3.96. The molecule has 0 aliphatic rings. The Bertz CT molecular complexity index is 1240. The highest BCUT2D eigenvalue weighted by atomic mass is 16.5. The van der Waals surface area contributed by atoms with Crippen LogP contribution in [0.2, 0.25) is 0 Å². The largest absolute Gasteiger partial charge is 0.316 e. The molecule has 5 heteroatoms. The number of benzene rings is 3. The molecule has 4 rings (SSSR count). The van der Waals surface area contributed by atoms with Gasteiger partial charge in [-0.05, 0) is 37.1 Å². The highest BCUT2D eigenvalue weighted by Gasteiger charge is 2.22. The van der Waals surface area contributed by atoms with Crippen molar-refractivity contribution in [3.63, 3.8) is 0 Å². The second-order valence-corrected chi connectivity index (χ2v) is 7.63. The van der Waals surface area contributed by atoms with E-state index in [2.05, 4.69) is 47.9 Å². The van der Waals surface area contributed by atoms with E-state index in [1.807, 2.05) is 55.5 Å². The fourth-order valence-corrected chi connectivity index (χ4v) is 3.94. The second-order valence-electron chi connectivity index (χ2n) is 7.63. The average Bonchev–Trinajstić information content (AvgIpc) is 3.20. The topological polar surface area (TPSA) is 67.2 Å². The summed E-state index contributed by atoms with van der Waals surface area (Å²) in [6.07, 6.45) is 2.95. The normalized spacial score (nSPS) is 12.1. The van der Waals surface area contributed by atoms with Crippen molar-refractivity contribution in [1.82, 2.24) is 15.0 Å². The summed E-state index contributed by atoms with van der Waals surface area (Å²) in [4.78, 5) is 16.4. The van der Waals surface area contributed by atoms with E-state index in [0.717, 1.165) is 33.9 Å². The van der Waals surface area contributed by atoms with E-state index in [1.165, 1.54) is 11.6 Å². The molecule has 0 aliphatic carbocycles. The van der Waals surface area contributed by atoms with Gasteiger partial charge in [-0.25, -0.2) is 10.5 Å². The molecule has 0 radical (unpaired) electrons. The third-order valence-electron chi connectivity index (χ3n) is 5.48. The van der Waals surface area contributed by atoms with Gasteiger partial charge >= 0.3 is 0 Å². The van der Waals surface area contributed by atoms with Gasteiger partial charge in [0.2, 0.25) is 0 Å². The van der Waals surface area contributed by atoms with Crippen LogP contribution in [0.1, 0.15) is 29.8 Å². The fourth-order valence-electron chi connectivity index (χ4n) is 3.94. The highest BCUT2D eigenvalue weighted by Crippen LogP contribution is 2.35. The molecule has 1 heterocycles. The summed E-state index contributed by atoms with van der Waals surface area (Å²) in [7, 11) is 0. The van der Waals surface area contributed by atoms with Crippen molar-refractivity contribution in [2.75, 3.05) is 0 Å². The first kappa shape index (κ1) is 21.3. The number of hydrogen-bond acceptors (Lipinski definition) is 3. The summed E-state index contributed by atoms with van der Waals surface area (Å²) >= 11 is 0. The van der Waals surface area contributed by atoms with Crippen LogP contribution in [-0.4, -0.2) is 20.7 Å². The molecule has 160 valence electrons. The molecular formula is C27H25N3O2. The summed E-state index contributed by atoms with van der Waals surface area (Å²) in [6.45, 7) is 4.22. The van der Waals surface area contributed by atoms with Gasteiger partial charge in [0.15, 0.2) is 0 Å². The van der Waals surface area contributed by atoms with E-state index in [9.17, 15) is 4.79 Å². The molecule has 0 saturated carbocycles. The predicted octanol–water partition coefficient (Wildman–Crippen LogP) is 5.65. The Labute approximate surface area is 187 Å². The fraction of sp³-hybridized carbons (Fsp3) is 0.111. The summed E-state index contributed by atoms with van der Waals surface area (Å²) in [5.74, 6) is 0.288. The van der Waals surface area contributed by atoms with Gasteiger partial charge in [0.05, 0.1) is 17.4 Å². The number of aryl methyl sites for hydroxylation is 1. The molecule has 0 spiro atoms. The monoisotopic (exact) mass is 423 g/mol. The standard InChI is InChI=1S/C27H25N3O2/c1-19-26(23-13-7-4-8-14-23)30(20(2)22-11-5-3-6-12-22)27(28-19)24-15-9-10-21(18-24)16-17-25(31)29-32/h3-18,20,32H,1-2H3,(H,29,31)/t20-/m1/s1. The van der Waals surface area contributed by atoms with E-state index < -0.39 is 5.91 Å². The van der Waals surface area contributed by atoms with Gasteiger partial charge in [-0.2, -0.15) is 0 Å². The number of rotatable bonds is 6. The zero-order valence-electron chi connectivity index (χ0n) is 18.1. The Morgan fingerprint density at radius 3 is 2.31 bits per heavy atom. The number of nitrogens with zero attached hydrogens (tertiary/aromatic N) is 2. The van der Waals surface area contributed by atoms with Gasteiger partial charge in [0.25, 0.3) is 5.91 Å². The molecule has 0 saturated heterocycles. The number of hydrogen-bond donors (Lipinski definition) is 2. The van der Waals surface area contributed by atoms with Crippen molar-refractivity contribution in [3.05, 3.63) is 108 Å². The number of imidazole rings is 1. The molecule has 5 nitrogen and oxygen atoms in total. The zero-order chi connectivity index (χ0) is 22.5. The van der Waals surface area contributed by atoms with Gasteiger partial charge in [0, 0.05) is 17.2 Å². The number of carbonyl (C=O) groups is 1. The minimum atomic E-state index is -0.572. The van der Waals surface area contributed by atoms with Crippen LogP contribution in [0.25, 0.3) is 28.7 Å². The molecule has 0 bridgehead atoms. The van der Waals surface area contributed by atoms with Crippen molar-refractivity contribution < 1.29 is 10.0 Å². The van der Waals surface area contributed by atoms with Crippen molar-refractivity contribution in [1.29, 1.82) is 0 Å². The smallest absolute Gasteiger partial charge is 0.267 e. The minimum Gasteiger partial charge on any atom is -0.316 e. The molecule has 1 atom stereocenters. The van der Waals surface area contributed by atoms with Gasteiger partial charge in [-0.15, -0.1) is 0 Å². The minimum absolute atomic E-state index is 0.0574. The Morgan fingerprint density at radius 1 is 0.969 bits per heavy atom. The van der Waals surface area contributed by atoms with Crippen LogP contribution in [0.4, 0.5) is 0 Å². The molecule has 0 unspecified atom stereocenters. The summed E-state index contributed by atoms with van der Waals surface area (Å²) in [5, 5.41) is 8.73. The van der Waals surface area contributed by atoms with Crippen molar-refractivity contribution in [2.45, 2.75) is 19.9 Å². The third kappa shape index (κ3) is 4.38. The van der Waals surface area contributed by atoms with Gasteiger partial charge in [-0.1, -0.05) is 78.9 Å². The summed E-state index contributed by atoms with van der Waals surface area (Å²) in [5.41, 5.74) is 7.74. The number of amides is 1. The quantitative estimate of drug-likeness (QED) is 0.239. The molecule has 4 aromatic rings.